The maximum atomic E-state index is 11.7. The fourth-order valence-electron chi connectivity index (χ4n) is 3.72. The predicted octanol–water partition coefficient (Wildman–Crippen LogP) is 4.60. The third-order valence-corrected chi connectivity index (χ3v) is 4.89. The normalized spacial score (nSPS) is 16.6. The first kappa shape index (κ1) is 15.8. The van der Waals surface area contributed by atoms with Crippen LogP contribution in [0.15, 0.2) is 60.0 Å². The van der Waals surface area contributed by atoms with Gasteiger partial charge in [-0.25, -0.2) is 0 Å². The number of hydrogen-bond acceptors (Lipinski definition) is 5. The van der Waals surface area contributed by atoms with Gasteiger partial charge in [-0.15, -0.1) is 4.91 Å². The van der Waals surface area contributed by atoms with Gasteiger partial charge in [0, 0.05) is 23.3 Å². The summed E-state index contributed by atoms with van der Waals surface area (Å²) in [6, 6.07) is 13.7. The molecule has 126 valence electrons. The molecule has 1 unspecified atom stereocenters. The standard InChI is InChI=1S/C20H20N4O/c25-23-19-16(10-9-15-7-6-12-22-18(15)19)20(17-8-2-3-11-21-17)24-13-4-1-5-14-24/h2-3,6-12,20H,1,4-5,13-14H2. The highest BCUT2D eigenvalue weighted by atomic mass is 16.3. The van der Waals surface area contributed by atoms with E-state index < -0.39 is 0 Å². The van der Waals surface area contributed by atoms with Crippen LogP contribution in [0, 0.1) is 4.91 Å². The zero-order valence-electron chi connectivity index (χ0n) is 14.0. The van der Waals surface area contributed by atoms with Crippen molar-refractivity contribution >= 4 is 16.6 Å². The second kappa shape index (κ2) is 7.07. The molecule has 3 aromatic rings. The van der Waals surface area contributed by atoms with Gasteiger partial charge in [0.2, 0.25) is 0 Å². The van der Waals surface area contributed by atoms with Crippen molar-refractivity contribution in [3.05, 3.63) is 71.0 Å². The summed E-state index contributed by atoms with van der Waals surface area (Å²) in [6.07, 6.45) is 7.10. The van der Waals surface area contributed by atoms with Crippen LogP contribution < -0.4 is 0 Å². The molecule has 4 rings (SSSR count). The second-order valence-corrected chi connectivity index (χ2v) is 6.42. The number of fused-ring (bicyclic) bond motifs is 1. The average molecular weight is 332 g/mol. The van der Waals surface area contributed by atoms with Crippen LogP contribution in [0.3, 0.4) is 0 Å². The Morgan fingerprint density at radius 3 is 2.52 bits per heavy atom. The van der Waals surface area contributed by atoms with Crippen molar-refractivity contribution in [1.29, 1.82) is 0 Å². The molecule has 1 atom stereocenters. The van der Waals surface area contributed by atoms with Gasteiger partial charge in [-0.1, -0.05) is 30.7 Å². The molecule has 0 aliphatic carbocycles. The lowest BCUT2D eigenvalue weighted by atomic mass is 9.95. The summed E-state index contributed by atoms with van der Waals surface area (Å²) in [6.45, 7) is 2.00. The van der Waals surface area contributed by atoms with Crippen molar-refractivity contribution in [2.75, 3.05) is 13.1 Å². The zero-order chi connectivity index (χ0) is 17.1. The number of likely N-dealkylation sites (tertiary alicyclic amines) is 1. The van der Waals surface area contributed by atoms with Crippen LogP contribution in [-0.4, -0.2) is 28.0 Å². The van der Waals surface area contributed by atoms with Crippen molar-refractivity contribution < 1.29 is 0 Å². The van der Waals surface area contributed by atoms with Gasteiger partial charge in [0.15, 0.2) is 0 Å². The smallest absolute Gasteiger partial charge is 0.139 e. The molecule has 0 radical (unpaired) electrons. The number of hydrogen-bond donors (Lipinski definition) is 0. The quantitative estimate of drug-likeness (QED) is 0.655. The molecule has 0 N–H and O–H groups in total. The molecule has 25 heavy (non-hydrogen) atoms. The zero-order valence-corrected chi connectivity index (χ0v) is 14.0. The van der Waals surface area contributed by atoms with E-state index >= 15 is 0 Å². The number of rotatable bonds is 4. The van der Waals surface area contributed by atoms with Crippen LogP contribution >= 0.6 is 0 Å². The van der Waals surface area contributed by atoms with E-state index in [0.29, 0.717) is 11.2 Å². The summed E-state index contributed by atoms with van der Waals surface area (Å²) in [5.74, 6) is 0. The molecule has 1 saturated heterocycles. The van der Waals surface area contributed by atoms with Crippen molar-refractivity contribution in [3.8, 4) is 0 Å². The molecule has 0 saturated carbocycles. The summed E-state index contributed by atoms with van der Waals surface area (Å²) >= 11 is 0. The van der Waals surface area contributed by atoms with E-state index in [2.05, 4.69) is 20.0 Å². The van der Waals surface area contributed by atoms with Gasteiger partial charge in [0.1, 0.15) is 5.69 Å². The van der Waals surface area contributed by atoms with Crippen LogP contribution in [0.25, 0.3) is 10.9 Å². The van der Waals surface area contributed by atoms with E-state index in [1.54, 1.807) is 12.4 Å². The molecule has 0 bridgehead atoms. The Bertz CT molecular complexity index is 875. The van der Waals surface area contributed by atoms with Crippen molar-refractivity contribution in [3.63, 3.8) is 0 Å². The van der Waals surface area contributed by atoms with Crippen molar-refractivity contribution in [1.82, 2.24) is 14.9 Å². The van der Waals surface area contributed by atoms with E-state index in [0.717, 1.165) is 29.7 Å². The van der Waals surface area contributed by atoms with Gasteiger partial charge < -0.3 is 0 Å². The van der Waals surface area contributed by atoms with Crippen molar-refractivity contribution in [2.45, 2.75) is 25.3 Å². The van der Waals surface area contributed by atoms with Crippen LogP contribution in [0.1, 0.15) is 36.6 Å². The molecule has 0 spiro atoms. The maximum absolute atomic E-state index is 11.7. The molecule has 5 heteroatoms. The highest BCUT2D eigenvalue weighted by Crippen LogP contribution is 2.38. The number of nitroso groups, excluding NO2 is 1. The Kier molecular flexibility index (Phi) is 4.48. The lowest BCUT2D eigenvalue weighted by Crippen LogP contribution is -2.34. The SMILES string of the molecule is O=Nc1c(C(c2ccccn2)N2CCCCC2)ccc2cccnc12. The number of benzene rings is 1. The molecule has 1 aliphatic heterocycles. The van der Waals surface area contributed by atoms with Gasteiger partial charge in [0.25, 0.3) is 0 Å². The first-order chi connectivity index (χ1) is 12.4. The largest absolute Gasteiger partial charge is 0.291 e. The highest BCUT2D eigenvalue weighted by molar-refractivity contribution is 5.90. The Morgan fingerprint density at radius 2 is 1.76 bits per heavy atom. The summed E-state index contributed by atoms with van der Waals surface area (Å²) < 4.78 is 0. The molecule has 1 aliphatic rings. The van der Waals surface area contributed by atoms with E-state index in [1.807, 2.05) is 42.5 Å². The maximum Gasteiger partial charge on any atom is 0.139 e. The molecule has 1 aromatic carbocycles. The topological polar surface area (TPSA) is 58.5 Å². The minimum Gasteiger partial charge on any atom is -0.291 e. The minimum absolute atomic E-state index is 0.0689. The van der Waals surface area contributed by atoms with Gasteiger partial charge >= 0.3 is 0 Å². The first-order valence-electron chi connectivity index (χ1n) is 8.74. The van der Waals surface area contributed by atoms with Crippen LogP contribution in [-0.2, 0) is 0 Å². The molecular weight excluding hydrogens is 312 g/mol. The van der Waals surface area contributed by atoms with Crippen LogP contribution in [0.5, 0.6) is 0 Å². The molecule has 2 aromatic heterocycles. The monoisotopic (exact) mass is 332 g/mol. The third kappa shape index (κ3) is 3.03. The Labute approximate surface area is 146 Å². The van der Waals surface area contributed by atoms with Gasteiger partial charge in [-0.3, -0.25) is 14.9 Å². The molecular formula is C20H20N4O. The third-order valence-electron chi connectivity index (χ3n) is 4.89. The second-order valence-electron chi connectivity index (χ2n) is 6.42. The van der Waals surface area contributed by atoms with Crippen molar-refractivity contribution in [2.24, 2.45) is 5.18 Å². The molecule has 5 nitrogen and oxygen atoms in total. The Morgan fingerprint density at radius 1 is 0.920 bits per heavy atom. The van der Waals surface area contributed by atoms with E-state index in [9.17, 15) is 4.91 Å². The number of aromatic nitrogens is 2. The summed E-state index contributed by atoms with van der Waals surface area (Å²) in [7, 11) is 0. The Hall–Kier alpha value is -2.66. The average Bonchev–Trinajstić information content (AvgIpc) is 2.69. The van der Waals surface area contributed by atoms with Crippen LogP contribution in [0.4, 0.5) is 5.69 Å². The fraction of sp³-hybridized carbons (Fsp3) is 0.300. The number of nitrogens with zero attached hydrogens (tertiary/aromatic N) is 4. The summed E-state index contributed by atoms with van der Waals surface area (Å²) in [5, 5.41) is 4.30. The lowest BCUT2D eigenvalue weighted by Gasteiger charge is -2.34. The van der Waals surface area contributed by atoms with Gasteiger partial charge in [0.05, 0.1) is 17.3 Å². The lowest BCUT2D eigenvalue weighted by molar-refractivity contribution is 0.185. The molecule has 3 heterocycles. The molecule has 0 amide bonds. The molecule has 1 fully saturated rings. The fourth-order valence-corrected chi connectivity index (χ4v) is 3.72. The van der Waals surface area contributed by atoms with Crippen LogP contribution in [0.2, 0.25) is 0 Å². The van der Waals surface area contributed by atoms with E-state index in [-0.39, 0.29) is 6.04 Å². The van der Waals surface area contributed by atoms with E-state index in [1.165, 1.54) is 19.3 Å². The highest BCUT2D eigenvalue weighted by Gasteiger charge is 2.28. The first-order valence-corrected chi connectivity index (χ1v) is 8.74. The van der Waals surface area contributed by atoms with Gasteiger partial charge in [-0.05, 0) is 49.3 Å². The summed E-state index contributed by atoms with van der Waals surface area (Å²) in [5.41, 5.74) is 2.93. The number of pyridine rings is 2. The van der Waals surface area contributed by atoms with Gasteiger partial charge in [-0.2, -0.15) is 0 Å². The Balaban J connectivity index is 1.90. The predicted molar refractivity (Wildman–Crippen MR) is 98.7 cm³/mol. The summed E-state index contributed by atoms with van der Waals surface area (Å²) in [4.78, 5) is 23.1. The van der Waals surface area contributed by atoms with E-state index in [4.69, 9.17) is 0 Å². The number of piperidine rings is 1. The minimum atomic E-state index is -0.0689.